The van der Waals surface area contributed by atoms with E-state index in [1.165, 1.54) is 44.2 Å². The molecule has 0 aromatic carbocycles. The maximum absolute atomic E-state index is 5.74. The molecule has 0 radical (unpaired) electrons. The first-order valence-corrected chi connectivity index (χ1v) is 6.45. The molecule has 2 nitrogen and oxygen atoms in total. The minimum atomic E-state index is 0.499. The molecule has 1 aromatic heterocycles. The van der Waals surface area contributed by atoms with E-state index in [9.17, 15) is 0 Å². The Hall–Kier alpha value is -1.05. The number of nitrogens with zero attached hydrogens (tertiary/aromatic N) is 1. The van der Waals surface area contributed by atoms with Crippen LogP contribution in [-0.2, 0) is 6.42 Å². The smallest absolute Gasteiger partial charge is 0.123 e. The summed E-state index contributed by atoms with van der Waals surface area (Å²) in [7, 11) is 0. The van der Waals surface area contributed by atoms with E-state index in [2.05, 4.69) is 18.0 Å². The summed E-state index contributed by atoms with van der Waals surface area (Å²) in [4.78, 5) is 4.44. The summed E-state index contributed by atoms with van der Waals surface area (Å²) in [5.41, 5.74) is 7.41. The van der Waals surface area contributed by atoms with E-state index in [-0.39, 0.29) is 0 Å². The second-order valence-electron chi connectivity index (χ2n) is 5.14. The highest BCUT2D eigenvalue weighted by molar-refractivity contribution is 5.29. The lowest BCUT2D eigenvalue weighted by molar-refractivity contribution is 0.178. The molecule has 1 aliphatic carbocycles. The monoisotopic (exact) mass is 218 g/mol. The van der Waals surface area contributed by atoms with Gasteiger partial charge < -0.3 is 5.73 Å². The van der Waals surface area contributed by atoms with Crippen LogP contribution in [0.2, 0.25) is 0 Å². The molecule has 1 aliphatic rings. The van der Waals surface area contributed by atoms with E-state index >= 15 is 0 Å². The fraction of sp³-hybridized carbons (Fsp3) is 0.643. The second kappa shape index (κ2) is 4.86. The van der Waals surface area contributed by atoms with Crippen molar-refractivity contribution in [1.82, 2.24) is 4.98 Å². The number of nitrogen functional groups attached to an aromatic ring is 1. The van der Waals surface area contributed by atoms with Gasteiger partial charge in [-0.2, -0.15) is 0 Å². The van der Waals surface area contributed by atoms with Gasteiger partial charge in [-0.25, -0.2) is 4.98 Å². The second-order valence-corrected chi connectivity index (χ2v) is 5.14. The fourth-order valence-corrected chi connectivity index (χ4v) is 2.94. The van der Waals surface area contributed by atoms with E-state index < -0.39 is 0 Å². The molecule has 0 saturated heterocycles. The zero-order chi connectivity index (χ0) is 11.4. The lowest BCUT2D eigenvalue weighted by atomic mass is 9.69. The summed E-state index contributed by atoms with van der Waals surface area (Å²) < 4.78 is 0. The van der Waals surface area contributed by atoms with Crippen LogP contribution in [0.1, 0.15) is 51.1 Å². The molecule has 88 valence electrons. The number of rotatable bonds is 3. The van der Waals surface area contributed by atoms with Gasteiger partial charge >= 0.3 is 0 Å². The van der Waals surface area contributed by atoms with Crippen molar-refractivity contribution in [3.05, 3.63) is 23.9 Å². The van der Waals surface area contributed by atoms with Gasteiger partial charge in [-0.15, -0.1) is 0 Å². The van der Waals surface area contributed by atoms with E-state index in [4.69, 9.17) is 5.73 Å². The minimum Gasteiger partial charge on any atom is -0.384 e. The van der Waals surface area contributed by atoms with Crippen molar-refractivity contribution >= 4 is 5.82 Å². The van der Waals surface area contributed by atoms with Crippen LogP contribution in [0.3, 0.4) is 0 Å². The highest BCUT2D eigenvalue weighted by Crippen LogP contribution is 2.41. The third-order valence-corrected chi connectivity index (χ3v) is 4.05. The standard InChI is InChI=1S/C14H22N2/c1-2-14(9-4-3-5-10-14)11-12-7-6-8-13(15)16-12/h6-8H,2-5,9-11H2,1H3,(H2,15,16). The van der Waals surface area contributed by atoms with Crippen LogP contribution in [0.4, 0.5) is 5.82 Å². The molecular weight excluding hydrogens is 196 g/mol. The Kier molecular flexibility index (Phi) is 3.47. The topological polar surface area (TPSA) is 38.9 Å². The molecule has 1 heterocycles. The lowest BCUT2D eigenvalue weighted by Gasteiger charge is -2.36. The van der Waals surface area contributed by atoms with Gasteiger partial charge in [-0.3, -0.25) is 0 Å². The highest BCUT2D eigenvalue weighted by Gasteiger charge is 2.30. The number of pyridine rings is 1. The predicted octanol–water partition coefficient (Wildman–Crippen LogP) is 3.57. The molecule has 0 atom stereocenters. The summed E-state index contributed by atoms with van der Waals surface area (Å²) in [6.07, 6.45) is 9.27. The Bertz CT molecular complexity index is 340. The third-order valence-electron chi connectivity index (χ3n) is 4.05. The Morgan fingerprint density at radius 1 is 1.25 bits per heavy atom. The molecule has 1 fully saturated rings. The first kappa shape index (κ1) is 11.4. The SMILES string of the molecule is CCC1(Cc2cccc(N)n2)CCCCC1. The predicted molar refractivity (Wildman–Crippen MR) is 68.2 cm³/mol. The van der Waals surface area contributed by atoms with Crippen molar-refractivity contribution in [2.45, 2.75) is 51.9 Å². The van der Waals surface area contributed by atoms with Crippen molar-refractivity contribution in [2.75, 3.05) is 5.73 Å². The fourth-order valence-electron chi connectivity index (χ4n) is 2.94. The molecule has 0 spiro atoms. The van der Waals surface area contributed by atoms with Crippen LogP contribution in [0.15, 0.2) is 18.2 Å². The van der Waals surface area contributed by atoms with Crippen LogP contribution in [0.5, 0.6) is 0 Å². The molecule has 0 bridgehead atoms. The minimum absolute atomic E-state index is 0.499. The van der Waals surface area contributed by atoms with Crippen molar-refractivity contribution in [3.63, 3.8) is 0 Å². The molecule has 2 rings (SSSR count). The average molecular weight is 218 g/mol. The van der Waals surface area contributed by atoms with E-state index in [1.807, 2.05) is 12.1 Å². The maximum atomic E-state index is 5.74. The van der Waals surface area contributed by atoms with Gasteiger partial charge in [0.15, 0.2) is 0 Å². The van der Waals surface area contributed by atoms with Crippen molar-refractivity contribution in [2.24, 2.45) is 5.41 Å². The zero-order valence-corrected chi connectivity index (χ0v) is 10.2. The summed E-state index contributed by atoms with van der Waals surface area (Å²) in [6, 6.07) is 6.00. The molecule has 2 heteroatoms. The number of aromatic nitrogens is 1. The Morgan fingerprint density at radius 2 is 2.00 bits per heavy atom. The zero-order valence-electron chi connectivity index (χ0n) is 10.2. The Balaban J connectivity index is 2.11. The summed E-state index contributed by atoms with van der Waals surface area (Å²) in [6.45, 7) is 2.32. The molecule has 0 amide bonds. The molecule has 1 saturated carbocycles. The first-order valence-electron chi connectivity index (χ1n) is 6.45. The quantitative estimate of drug-likeness (QED) is 0.842. The van der Waals surface area contributed by atoms with Crippen molar-refractivity contribution in [3.8, 4) is 0 Å². The highest BCUT2D eigenvalue weighted by atomic mass is 14.8. The Morgan fingerprint density at radius 3 is 2.62 bits per heavy atom. The van der Waals surface area contributed by atoms with Crippen LogP contribution in [-0.4, -0.2) is 4.98 Å². The van der Waals surface area contributed by atoms with Crippen molar-refractivity contribution < 1.29 is 0 Å². The number of nitrogens with two attached hydrogens (primary N) is 1. The van der Waals surface area contributed by atoms with Gasteiger partial charge in [0.05, 0.1) is 0 Å². The van der Waals surface area contributed by atoms with Crippen LogP contribution >= 0.6 is 0 Å². The average Bonchev–Trinajstić information content (AvgIpc) is 2.30. The van der Waals surface area contributed by atoms with Gasteiger partial charge in [0.25, 0.3) is 0 Å². The molecule has 0 aliphatic heterocycles. The maximum Gasteiger partial charge on any atom is 0.123 e. The molecule has 1 aromatic rings. The van der Waals surface area contributed by atoms with Gasteiger partial charge in [0.2, 0.25) is 0 Å². The van der Waals surface area contributed by atoms with Gasteiger partial charge in [0.1, 0.15) is 5.82 Å². The normalized spacial score (nSPS) is 19.6. The third kappa shape index (κ3) is 2.55. The van der Waals surface area contributed by atoms with Gasteiger partial charge in [0, 0.05) is 5.69 Å². The van der Waals surface area contributed by atoms with Crippen LogP contribution < -0.4 is 5.73 Å². The number of hydrogen-bond donors (Lipinski definition) is 1. The van der Waals surface area contributed by atoms with Gasteiger partial charge in [-0.05, 0) is 36.8 Å². The molecule has 2 N–H and O–H groups in total. The largest absolute Gasteiger partial charge is 0.384 e. The van der Waals surface area contributed by atoms with Crippen molar-refractivity contribution in [1.29, 1.82) is 0 Å². The summed E-state index contributed by atoms with van der Waals surface area (Å²) in [5, 5.41) is 0. The van der Waals surface area contributed by atoms with Crippen LogP contribution in [0, 0.1) is 5.41 Å². The number of hydrogen-bond acceptors (Lipinski definition) is 2. The van der Waals surface area contributed by atoms with Gasteiger partial charge in [-0.1, -0.05) is 38.7 Å². The van der Waals surface area contributed by atoms with E-state index in [0.29, 0.717) is 11.2 Å². The van der Waals surface area contributed by atoms with Crippen LogP contribution in [0.25, 0.3) is 0 Å². The molecule has 0 unspecified atom stereocenters. The van der Waals surface area contributed by atoms with E-state index in [1.54, 1.807) is 0 Å². The summed E-state index contributed by atoms with van der Waals surface area (Å²) >= 11 is 0. The first-order chi connectivity index (χ1) is 7.74. The van der Waals surface area contributed by atoms with E-state index in [0.717, 1.165) is 6.42 Å². The summed E-state index contributed by atoms with van der Waals surface area (Å²) in [5.74, 6) is 0.652. The molecular formula is C14H22N2. The number of anilines is 1. The Labute approximate surface area is 98.3 Å². The molecule has 16 heavy (non-hydrogen) atoms. The lowest BCUT2D eigenvalue weighted by Crippen LogP contribution is -2.26.